The standard InChI is InChI=1S/C17H18.C10H19N.C9H11NS/c1-4-14-9-11-15(12-10-14)17-8-6-5-7-16(17)13(2)3;1-6-7-9(4)11-10(5)8(2)3;1-3-10-11(2)9-7-5-4-6-8-9/h5-12H,2,4H2,1,3H3;6-7H2,1-5H3;3-8,10H,1-2H2. The first kappa shape index (κ1) is 33.6. The van der Waals surface area contributed by atoms with E-state index in [4.69, 9.17) is 0 Å². The maximum absolute atomic E-state index is 4.46. The van der Waals surface area contributed by atoms with E-state index in [1.165, 1.54) is 44.9 Å². The van der Waals surface area contributed by atoms with E-state index in [-0.39, 0.29) is 10.7 Å². The zero-order valence-electron chi connectivity index (χ0n) is 25.2. The SMILES string of the molecule is C=C(C)c1ccccc1-c1ccc(CC)cc1.C=CNS(=C)c1ccccc1.CCCC(C)=NC(C)=C(C)C. The first-order valence-electron chi connectivity index (χ1n) is 13.6. The van der Waals surface area contributed by atoms with Crippen LogP contribution >= 0.6 is 10.7 Å². The Morgan fingerprint density at radius 1 is 0.846 bits per heavy atom. The maximum Gasteiger partial charge on any atom is 0.0358 e. The molecule has 3 heteroatoms. The normalized spacial score (nSPS) is 11.1. The Bertz CT molecular complexity index is 1240. The van der Waals surface area contributed by atoms with Crippen LogP contribution in [-0.2, 0) is 6.42 Å². The monoisotopic (exact) mass is 540 g/mol. The Labute approximate surface area is 241 Å². The molecule has 0 saturated heterocycles. The zero-order chi connectivity index (χ0) is 29.2. The Morgan fingerprint density at radius 3 is 1.95 bits per heavy atom. The van der Waals surface area contributed by atoms with Gasteiger partial charge in [-0.25, -0.2) is 0 Å². The number of benzene rings is 3. The lowest BCUT2D eigenvalue weighted by molar-refractivity contribution is 0.981. The summed E-state index contributed by atoms with van der Waals surface area (Å²) in [6, 6.07) is 27.3. The summed E-state index contributed by atoms with van der Waals surface area (Å²) in [4.78, 5) is 5.66. The molecule has 0 spiro atoms. The van der Waals surface area contributed by atoms with Crippen molar-refractivity contribution in [2.75, 3.05) is 0 Å². The van der Waals surface area contributed by atoms with Gasteiger partial charge in [0.25, 0.3) is 0 Å². The fourth-order valence-corrected chi connectivity index (χ4v) is 4.42. The van der Waals surface area contributed by atoms with Crippen LogP contribution in [0.5, 0.6) is 0 Å². The Balaban J connectivity index is 0.000000306. The summed E-state index contributed by atoms with van der Waals surface area (Å²) in [6.07, 6.45) is 5.06. The van der Waals surface area contributed by atoms with Crippen LogP contribution in [0.15, 0.2) is 119 Å². The van der Waals surface area contributed by atoms with Crippen molar-refractivity contribution in [3.63, 3.8) is 0 Å². The maximum atomic E-state index is 4.46. The van der Waals surface area contributed by atoms with Gasteiger partial charge in [-0.2, -0.15) is 0 Å². The van der Waals surface area contributed by atoms with Gasteiger partial charge in [0, 0.05) is 16.3 Å². The van der Waals surface area contributed by atoms with Gasteiger partial charge >= 0.3 is 0 Å². The van der Waals surface area contributed by atoms with Crippen LogP contribution in [0.3, 0.4) is 0 Å². The van der Waals surface area contributed by atoms with E-state index in [1.807, 2.05) is 30.3 Å². The van der Waals surface area contributed by atoms with Crippen molar-refractivity contribution in [3.8, 4) is 11.1 Å². The van der Waals surface area contributed by atoms with Crippen molar-refractivity contribution in [1.82, 2.24) is 4.72 Å². The van der Waals surface area contributed by atoms with Crippen molar-refractivity contribution in [1.29, 1.82) is 0 Å². The highest BCUT2D eigenvalue weighted by Gasteiger charge is 2.04. The van der Waals surface area contributed by atoms with E-state index < -0.39 is 0 Å². The van der Waals surface area contributed by atoms with E-state index in [0.717, 1.165) is 24.1 Å². The number of allylic oxidation sites excluding steroid dienone is 3. The molecule has 1 N–H and O–H groups in total. The molecule has 0 aliphatic heterocycles. The number of nitrogens with zero attached hydrogens (tertiary/aromatic N) is 1. The van der Waals surface area contributed by atoms with E-state index in [1.54, 1.807) is 6.20 Å². The fraction of sp³-hybridized carbons (Fsp3) is 0.278. The lowest BCUT2D eigenvalue weighted by Gasteiger charge is -2.09. The molecule has 208 valence electrons. The van der Waals surface area contributed by atoms with Gasteiger partial charge < -0.3 is 4.72 Å². The molecule has 0 bridgehead atoms. The molecule has 0 saturated carbocycles. The first-order chi connectivity index (χ1) is 18.6. The van der Waals surface area contributed by atoms with Crippen LogP contribution < -0.4 is 4.72 Å². The molecule has 3 aromatic rings. The molecule has 0 aliphatic carbocycles. The van der Waals surface area contributed by atoms with Crippen molar-refractivity contribution in [2.24, 2.45) is 4.99 Å². The molecule has 0 amide bonds. The molecular formula is C36H48N2S. The van der Waals surface area contributed by atoms with E-state index in [0.29, 0.717) is 0 Å². The third kappa shape index (κ3) is 12.8. The number of aliphatic imine (C=N–C) groups is 1. The van der Waals surface area contributed by atoms with Crippen molar-refractivity contribution in [3.05, 3.63) is 121 Å². The average molecular weight is 541 g/mol. The third-order valence-corrected chi connectivity index (χ3v) is 7.30. The topological polar surface area (TPSA) is 24.4 Å². The van der Waals surface area contributed by atoms with Crippen LogP contribution in [0.4, 0.5) is 0 Å². The number of rotatable bonds is 9. The smallest absolute Gasteiger partial charge is 0.0358 e. The summed E-state index contributed by atoms with van der Waals surface area (Å²) in [5.41, 5.74) is 9.96. The van der Waals surface area contributed by atoms with Gasteiger partial charge in [0.05, 0.1) is 0 Å². The molecule has 0 heterocycles. The second-order valence-corrected chi connectivity index (χ2v) is 11.1. The Kier molecular flexibility index (Phi) is 16.2. The summed E-state index contributed by atoms with van der Waals surface area (Å²) in [5, 5.41) is 0. The molecule has 1 unspecified atom stereocenters. The predicted octanol–water partition coefficient (Wildman–Crippen LogP) is 10.9. The number of hydrogen-bond acceptors (Lipinski definition) is 2. The summed E-state index contributed by atoms with van der Waals surface area (Å²) in [6.45, 7) is 22.4. The molecule has 1 atom stereocenters. The second kappa shape index (κ2) is 18.8. The predicted molar refractivity (Wildman–Crippen MR) is 181 cm³/mol. The minimum absolute atomic E-state index is 0.151. The zero-order valence-corrected chi connectivity index (χ0v) is 26.0. The summed E-state index contributed by atoms with van der Waals surface area (Å²) in [5.74, 6) is 3.94. The van der Waals surface area contributed by atoms with Gasteiger partial charge in [0.15, 0.2) is 0 Å². The van der Waals surface area contributed by atoms with E-state index >= 15 is 0 Å². The Hall–Kier alpha value is -3.43. The lowest BCUT2D eigenvalue weighted by atomic mass is 9.95. The number of hydrogen-bond donors (Lipinski definition) is 1. The highest BCUT2D eigenvalue weighted by atomic mass is 32.2. The second-order valence-electron chi connectivity index (χ2n) is 9.58. The van der Waals surface area contributed by atoms with Crippen molar-refractivity contribution in [2.45, 2.75) is 72.6 Å². The van der Waals surface area contributed by atoms with Crippen molar-refractivity contribution >= 4 is 27.8 Å². The number of nitrogens with one attached hydrogen (secondary N) is 1. The number of aryl methyl sites for hydroxylation is 1. The van der Waals surface area contributed by atoms with Gasteiger partial charge in [-0.3, -0.25) is 4.99 Å². The van der Waals surface area contributed by atoms with Crippen LogP contribution in [0.25, 0.3) is 16.7 Å². The molecule has 3 aromatic carbocycles. The van der Waals surface area contributed by atoms with Crippen LogP contribution in [0.1, 0.15) is 72.4 Å². The molecular weight excluding hydrogens is 492 g/mol. The quantitative estimate of drug-likeness (QED) is 0.212. The fourth-order valence-electron chi connectivity index (χ4n) is 3.60. The van der Waals surface area contributed by atoms with Crippen molar-refractivity contribution < 1.29 is 0 Å². The van der Waals surface area contributed by atoms with Crippen LogP contribution in [0.2, 0.25) is 0 Å². The molecule has 0 radical (unpaired) electrons. The van der Waals surface area contributed by atoms with Gasteiger partial charge in [-0.05, 0) is 88.0 Å². The van der Waals surface area contributed by atoms with Crippen LogP contribution in [-0.4, -0.2) is 11.6 Å². The average Bonchev–Trinajstić information content (AvgIpc) is 2.94. The highest BCUT2D eigenvalue weighted by Crippen LogP contribution is 2.28. The van der Waals surface area contributed by atoms with E-state index in [9.17, 15) is 0 Å². The van der Waals surface area contributed by atoms with Crippen LogP contribution in [0, 0.1) is 0 Å². The lowest BCUT2D eigenvalue weighted by Crippen LogP contribution is -1.92. The minimum atomic E-state index is -0.151. The molecule has 2 nitrogen and oxygen atoms in total. The largest absolute Gasteiger partial charge is 0.339 e. The molecule has 0 aliphatic rings. The van der Waals surface area contributed by atoms with Gasteiger partial charge in [-0.15, -0.1) is 0 Å². The molecule has 39 heavy (non-hydrogen) atoms. The minimum Gasteiger partial charge on any atom is -0.339 e. The third-order valence-electron chi connectivity index (χ3n) is 6.01. The summed E-state index contributed by atoms with van der Waals surface area (Å²) >= 11 is 0. The molecule has 3 rings (SSSR count). The summed E-state index contributed by atoms with van der Waals surface area (Å²) in [7, 11) is -0.151. The first-order valence-corrected chi connectivity index (χ1v) is 15.0. The molecule has 0 fully saturated rings. The summed E-state index contributed by atoms with van der Waals surface area (Å²) < 4.78 is 3.04. The highest BCUT2D eigenvalue weighted by molar-refractivity contribution is 8.12. The van der Waals surface area contributed by atoms with Gasteiger partial charge in [0.1, 0.15) is 0 Å². The van der Waals surface area contributed by atoms with Gasteiger partial charge in [0.2, 0.25) is 0 Å². The Morgan fingerprint density at radius 2 is 1.44 bits per heavy atom. The van der Waals surface area contributed by atoms with E-state index in [2.05, 4.69) is 126 Å². The molecule has 0 aromatic heterocycles. The van der Waals surface area contributed by atoms with Gasteiger partial charge in [-0.1, -0.05) is 128 Å².